The molecule has 104 valence electrons. The summed E-state index contributed by atoms with van der Waals surface area (Å²) < 4.78 is 5.98. The van der Waals surface area contributed by atoms with Crippen LogP contribution >= 0.6 is 0 Å². The Bertz CT molecular complexity index is 289. The van der Waals surface area contributed by atoms with Gasteiger partial charge < -0.3 is 20.3 Å². The summed E-state index contributed by atoms with van der Waals surface area (Å²) in [5, 5.41) is 6.29. The molecule has 0 unspecified atom stereocenters. The molecule has 2 aliphatic heterocycles. The lowest BCUT2D eigenvalue weighted by Crippen LogP contribution is -2.61. The zero-order valence-electron chi connectivity index (χ0n) is 11.7. The molecule has 2 fully saturated rings. The fraction of sp³-hybridized carbons (Fsp3) is 0.923. The van der Waals surface area contributed by atoms with Crippen molar-refractivity contribution in [3.05, 3.63) is 0 Å². The van der Waals surface area contributed by atoms with E-state index in [2.05, 4.69) is 10.6 Å². The van der Waals surface area contributed by atoms with Crippen LogP contribution in [-0.4, -0.2) is 54.9 Å². The van der Waals surface area contributed by atoms with Gasteiger partial charge in [-0.1, -0.05) is 0 Å². The van der Waals surface area contributed by atoms with Crippen molar-refractivity contribution in [3.8, 4) is 0 Å². The normalized spacial score (nSPS) is 22.7. The smallest absolute Gasteiger partial charge is 0.317 e. The van der Waals surface area contributed by atoms with Crippen LogP contribution in [-0.2, 0) is 4.74 Å². The van der Waals surface area contributed by atoms with Gasteiger partial charge in [0.05, 0.1) is 25.3 Å². The maximum absolute atomic E-state index is 11.8. The van der Waals surface area contributed by atoms with E-state index in [-0.39, 0.29) is 17.7 Å². The molecule has 0 bridgehead atoms. The summed E-state index contributed by atoms with van der Waals surface area (Å²) in [7, 11) is 0. The minimum absolute atomic E-state index is 0.0210. The van der Waals surface area contributed by atoms with Crippen LogP contribution < -0.4 is 10.6 Å². The molecule has 0 radical (unpaired) electrons. The topological polar surface area (TPSA) is 53.6 Å². The highest BCUT2D eigenvalue weighted by atomic mass is 16.5. The van der Waals surface area contributed by atoms with E-state index in [0.717, 1.165) is 39.0 Å². The standard InChI is InChI=1S/C13H25N3O2/c1-13(2,3)15-12(17)16-8-11(9-16)18-10-4-6-14-7-5-10/h10-11,14H,4-9H2,1-3H3,(H,15,17). The third-order valence-corrected chi connectivity index (χ3v) is 3.29. The Kier molecular flexibility index (Phi) is 4.12. The maximum atomic E-state index is 11.8. The quantitative estimate of drug-likeness (QED) is 0.772. The highest BCUT2D eigenvalue weighted by Gasteiger charge is 2.34. The van der Waals surface area contributed by atoms with E-state index < -0.39 is 0 Å². The Morgan fingerprint density at radius 1 is 1.22 bits per heavy atom. The largest absolute Gasteiger partial charge is 0.371 e. The lowest BCUT2D eigenvalue weighted by Gasteiger charge is -2.42. The number of urea groups is 1. The van der Waals surface area contributed by atoms with Gasteiger partial charge in [0.25, 0.3) is 0 Å². The second-order valence-corrected chi connectivity index (χ2v) is 6.29. The summed E-state index contributed by atoms with van der Waals surface area (Å²) in [5.74, 6) is 0. The van der Waals surface area contributed by atoms with Crippen LogP contribution in [0.4, 0.5) is 4.79 Å². The highest BCUT2D eigenvalue weighted by molar-refractivity contribution is 5.75. The molecule has 0 aromatic heterocycles. The number of carbonyl (C=O) groups is 1. The molecule has 18 heavy (non-hydrogen) atoms. The molecule has 5 heteroatoms. The fourth-order valence-corrected chi connectivity index (χ4v) is 2.29. The van der Waals surface area contributed by atoms with Crippen LogP contribution in [0, 0.1) is 0 Å². The lowest BCUT2D eigenvalue weighted by molar-refractivity contribution is -0.0856. The fourth-order valence-electron chi connectivity index (χ4n) is 2.29. The SMILES string of the molecule is CC(C)(C)NC(=O)N1CC(OC2CCNCC2)C1. The third kappa shape index (κ3) is 3.85. The van der Waals surface area contributed by atoms with Crippen LogP contribution in [0.3, 0.4) is 0 Å². The summed E-state index contributed by atoms with van der Waals surface area (Å²) in [5.41, 5.74) is -0.169. The Labute approximate surface area is 109 Å². The molecule has 2 aliphatic rings. The molecule has 2 rings (SSSR count). The molecule has 2 amide bonds. The summed E-state index contributed by atoms with van der Waals surface area (Å²) in [6.45, 7) is 9.53. The Morgan fingerprint density at radius 2 is 1.83 bits per heavy atom. The van der Waals surface area contributed by atoms with Crippen LogP contribution in [0.2, 0.25) is 0 Å². The van der Waals surface area contributed by atoms with Crippen molar-refractivity contribution < 1.29 is 9.53 Å². The van der Waals surface area contributed by atoms with Crippen molar-refractivity contribution in [1.82, 2.24) is 15.5 Å². The second-order valence-electron chi connectivity index (χ2n) is 6.29. The summed E-state index contributed by atoms with van der Waals surface area (Å²) in [6, 6.07) is 0.0210. The first-order valence-corrected chi connectivity index (χ1v) is 6.87. The van der Waals surface area contributed by atoms with Gasteiger partial charge in [-0.25, -0.2) is 4.79 Å². The first-order chi connectivity index (χ1) is 8.44. The molecule has 0 atom stereocenters. The van der Waals surface area contributed by atoms with E-state index >= 15 is 0 Å². The zero-order valence-corrected chi connectivity index (χ0v) is 11.7. The number of rotatable bonds is 2. The van der Waals surface area contributed by atoms with Gasteiger partial charge in [0.15, 0.2) is 0 Å². The monoisotopic (exact) mass is 255 g/mol. The van der Waals surface area contributed by atoms with Gasteiger partial charge in [-0.2, -0.15) is 0 Å². The van der Waals surface area contributed by atoms with E-state index in [1.807, 2.05) is 25.7 Å². The number of nitrogens with zero attached hydrogens (tertiary/aromatic N) is 1. The molecular formula is C13H25N3O2. The minimum atomic E-state index is -0.169. The van der Waals surface area contributed by atoms with Crippen molar-refractivity contribution in [3.63, 3.8) is 0 Å². The molecule has 0 saturated carbocycles. The van der Waals surface area contributed by atoms with Gasteiger partial charge in [-0.15, -0.1) is 0 Å². The Hall–Kier alpha value is -0.810. The van der Waals surface area contributed by atoms with Crippen molar-refractivity contribution in [2.24, 2.45) is 0 Å². The van der Waals surface area contributed by atoms with Gasteiger partial charge >= 0.3 is 6.03 Å². The Morgan fingerprint density at radius 3 is 2.39 bits per heavy atom. The minimum Gasteiger partial charge on any atom is -0.371 e. The predicted molar refractivity (Wildman–Crippen MR) is 70.6 cm³/mol. The zero-order chi connectivity index (χ0) is 13.2. The number of piperidine rings is 1. The second kappa shape index (κ2) is 5.45. The summed E-state index contributed by atoms with van der Waals surface area (Å²) >= 11 is 0. The number of ether oxygens (including phenoxy) is 1. The number of nitrogens with one attached hydrogen (secondary N) is 2. The number of amides is 2. The van der Waals surface area contributed by atoms with E-state index in [4.69, 9.17) is 4.74 Å². The Balaban J connectivity index is 1.65. The van der Waals surface area contributed by atoms with Crippen LogP contribution in [0.5, 0.6) is 0 Å². The predicted octanol–water partition coefficient (Wildman–Crippen LogP) is 0.947. The molecule has 0 spiro atoms. The highest BCUT2D eigenvalue weighted by Crippen LogP contribution is 2.18. The van der Waals surface area contributed by atoms with E-state index in [9.17, 15) is 4.79 Å². The van der Waals surface area contributed by atoms with Gasteiger partial charge in [0.1, 0.15) is 0 Å². The first kappa shape index (κ1) is 13.6. The van der Waals surface area contributed by atoms with Crippen molar-refractivity contribution in [2.45, 2.75) is 51.4 Å². The number of likely N-dealkylation sites (tertiary alicyclic amines) is 1. The van der Waals surface area contributed by atoms with E-state index in [1.54, 1.807) is 0 Å². The van der Waals surface area contributed by atoms with Gasteiger partial charge in [0, 0.05) is 5.54 Å². The van der Waals surface area contributed by atoms with Crippen LogP contribution in [0.25, 0.3) is 0 Å². The van der Waals surface area contributed by atoms with Gasteiger partial charge in [0.2, 0.25) is 0 Å². The third-order valence-electron chi connectivity index (χ3n) is 3.29. The molecule has 0 aromatic rings. The number of hydrogen-bond acceptors (Lipinski definition) is 3. The number of hydrogen-bond donors (Lipinski definition) is 2. The van der Waals surface area contributed by atoms with Crippen molar-refractivity contribution >= 4 is 6.03 Å². The van der Waals surface area contributed by atoms with Crippen molar-refractivity contribution in [1.29, 1.82) is 0 Å². The summed E-state index contributed by atoms with van der Waals surface area (Å²) in [4.78, 5) is 13.6. The molecule has 0 aliphatic carbocycles. The first-order valence-electron chi connectivity index (χ1n) is 6.87. The maximum Gasteiger partial charge on any atom is 0.317 e. The van der Waals surface area contributed by atoms with E-state index in [0.29, 0.717) is 6.10 Å². The van der Waals surface area contributed by atoms with Crippen LogP contribution in [0.15, 0.2) is 0 Å². The van der Waals surface area contributed by atoms with E-state index in [1.165, 1.54) is 0 Å². The van der Waals surface area contributed by atoms with Crippen LogP contribution in [0.1, 0.15) is 33.6 Å². The average Bonchev–Trinajstić information content (AvgIpc) is 2.21. The molecule has 2 N–H and O–H groups in total. The molecule has 2 saturated heterocycles. The molecular weight excluding hydrogens is 230 g/mol. The average molecular weight is 255 g/mol. The van der Waals surface area contributed by atoms with Gasteiger partial charge in [-0.3, -0.25) is 0 Å². The molecule has 0 aromatic carbocycles. The number of carbonyl (C=O) groups excluding carboxylic acids is 1. The summed E-state index contributed by atoms with van der Waals surface area (Å²) in [6.07, 6.45) is 2.79. The lowest BCUT2D eigenvalue weighted by atomic mass is 10.1. The molecule has 5 nitrogen and oxygen atoms in total. The molecule has 2 heterocycles. The van der Waals surface area contributed by atoms with Crippen molar-refractivity contribution in [2.75, 3.05) is 26.2 Å². The van der Waals surface area contributed by atoms with Gasteiger partial charge in [-0.05, 0) is 46.7 Å².